The Labute approximate surface area is 168 Å². The summed E-state index contributed by atoms with van der Waals surface area (Å²) in [5.41, 5.74) is 2.13. The fraction of sp³-hybridized carbons (Fsp3) is 0.364. The van der Waals surface area contributed by atoms with Crippen LogP contribution >= 0.6 is 0 Å². The highest BCUT2D eigenvalue weighted by molar-refractivity contribution is 6.10. The maximum absolute atomic E-state index is 12.7. The zero-order valence-electron chi connectivity index (χ0n) is 16.5. The van der Waals surface area contributed by atoms with Gasteiger partial charge in [0.25, 0.3) is 5.91 Å². The van der Waals surface area contributed by atoms with Crippen LogP contribution in [0.3, 0.4) is 0 Å². The van der Waals surface area contributed by atoms with E-state index in [1.54, 1.807) is 18.2 Å². The molecule has 3 aromatic rings. The number of ether oxygens (including phenoxy) is 1. The number of anilines is 2. The number of nitrogens with one attached hydrogen (secondary N) is 2. The van der Waals surface area contributed by atoms with Gasteiger partial charge in [-0.2, -0.15) is 0 Å². The highest BCUT2D eigenvalue weighted by atomic mass is 16.5. The molecule has 1 aromatic carbocycles. The normalized spacial score (nSPS) is 13.6. The molecule has 0 saturated heterocycles. The number of hydrogen-bond acceptors (Lipinski definition) is 5. The number of amides is 2. The average molecular weight is 396 g/mol. The molecule has 0 aliphatic heterocycles. The lowest BCUT2D eigenvalue weighted by atomic mass is 10.2. The van der Waals surface area contributed by atoms with Crippen molar-refractivity contribution >= 4 is 34.4 Å². The summed E-state index contributed by atoms with van der Waals surface area (Å²) in [7, 11) is 0. The molecule has 1 fully saturated rings. The van der Waals surface area contributed by atoms with Crippen LogP contribution in [0.15, 0.2) is 45.6 Å². The summed E-state index contributed by atoms with van der Waals surface area (Å²) in [6.07, 6.45) is 6.57. The van der Waals surface area contributed by atoms with Crippen molar-refractivity contribution in [1.82, 2.24) is 0 Å². The molecule has 4 rings (SSSR count). The van der Waals surface area contributed by atoms with Gasteiger partial charge < -0.3 is 24.2 Å². The zero-order valence-corrected chi connectivity index (χ0v) is 16.5. The zero-order chi connectivity index (χ0) is 20.4. The van der Waals surface area contributed by atoms with Crippen molar-refractivity contribution < 1.29 is 23.2 Å². The summed E-state index contributed by atoms with van der Waals surface area (Å²) in [6.45, 7) is 4.14. The third-order valence-electron chi connectivity index (χ3n) is 5.05. The van der Waals surface area contributed by atoms with Gasteiger partial charge in [0, 0.05) is 11.5 Å². The van der Waals surface area contributed by atoms with E-state index in [0.29, 0.717) is 33.9 Å². The molecule has 2 N–H and O–H groups in total. The lowest BCUT2D eigenvalue weighted by Crippen LogP contribution is -2.15. The van der Waals surface area contributed by atoms with Crippen molar-refractivity contribution in [3.05, 3.63) is 42.4 Å². The van der Waals surface area contributed by atoms with Gasteiger partial charge in [-0.3, -0.25) is 9.59 Å². The Morgan fingerprint density at radius 3 is 2.34 bits per heavy atom. The molecule has 29 heavy (non-hydrogen) atoms. The fourth-order valence-corrected chi connectivity index (χ4v) is 3.13. The average Bonchev–Trinajstić information content (AvgIpc) is 3.41. The van der Waals surface area contributed by atoms with Gasteiger partial charge in [0.2, 0.25) is 5.91 Å². The summed E-state index contributed by atoms with van der Waals surface area (Å²) in [5.74, 6) is 0.391. The summed E-state index contributed by atoms with van der Waals surface area (Å²) in [4.78, 5) is 24.7. The van der Waals surface area contributed by atoms with Gasteiger partial charge in [-0.15, -0.1) is 0 Å². The van der Waals surface area contributed by atoms with Crippen molar-refractivity contribution in [1.29, 1.82) is 0 Å². The Balaban J connectivity index is 1.48. The number of benzene rings is 1. The number of carbonyl (C=O) groups is 2. The van der Waals surface area contributed by atoms with E-state index < -0.39 is 0 Å². The molecule has 0 unspecified atom stereocenters. The molecule has 0 bridgehead atoms. The van der Waals surface area contributed by atoms with Crippen LogP contribution in [-0.2, 0) is 4.79 Å². The van der Waals surface area contributed by atoms with E-state index in [-0.39, 0.29) is 23.8 Å². The van der Waals surface area contributed by atoms with E-state index in [0.717, 1.165) is 25.7 Å². The second kappa shape index (κ2) is 8.03. The smallest absolute Gasteiger partial charge is 0.255 e. The highest BCUT2D eigenvalue weighted by Crippen LogP contribution is 2.36. The Kier molecular flexibility index (Phi) is 5.29. The van der Waals surface area contributed by atoms with Gasteiger partial charge >= 0.3 is 0 Å². The third-order valence-corrected chi connectivity index (χ3v) is 5.05. The maximum atomic E-state index is 12.7. The van der Waals surface area contributed by atoms with Crippen molar-refractivity contribution in [3.8, 4) is 5.75 Å². The quantitative estimate of drug-likeness (QED) is 0.546. The molecule has 1 aliphatic carbocycles. The van der Waals surface area contributed by atoms with Crippen LogP contribution in [0.25, 0.3) is 11.2 Å². The van der Waals surface area contributed by atoms with Gasteiger partial charge in [-0.05, 0) is 43.9 Å². The third kappa shape index (κ3) is 4.13. The van der Waals surface area contributed by atoms with E-state index in [4.69, 9.17) is 13.6 Å². The molecular weight excluding hydrogens is 372 g/mol. The SMILES string of the molecule is CCC(CC)Oc1cccc(C(=O)Nc2coc3c(NC(=O)C4CC4)coc23)c1. The minimum absolute atomic E-state index is 0.0380. The second-order valence-corrected chi connectivity index (χ2v) is 7.26. The van der Waals surface area contributed by atoms with E-state index in [9.17, 15) is 9.59 Å². The van der Waals surface area contributed by atoms with Gasteiger partial charge in [0.1, 0.15) is 29.7 Å². The molecule has 0 atom stereocenters. The summed E-state index contributed by atoms with van der Waals surface area (Å²) in [6, 6.07) is 7.06. The first-order chi connectivity index (χ1) is 14.1. The van der Waals surface area contributed by atoms with Crippen molar-refractivity contribution in [2.75, 3.05) is 10.6 Å². The summed E-state index contributed by atoms with van der Waals surface area (Å²) >= 11 is 0. The van der Waals surface area contributed by atoms with Crippen LogP contribution in [0.1, 0.15) is 49.9 Å². The number of hydrogen-bond donors (Lipinski definition) is 2. The topological polar surface area (TPSA) is 93.7 Å². The predicted octanol–water partition coefficient (Wildman–Crippen LogP) is 5.19. The molecule has 152 valence electrons. The Morgan fingerprint density at radius 1 is 1.07 bits per heavy atom. The fourth-order valence-electron chi connectivity index (χ4n) is 3.13. The monoisotopic (exact) mass is 396 g/mol. The molecule has 7 heteroatoms. The van der Waals surface area contributed by atoms with Crippen LogP contribution < -0.4 is 15.4 Å². The summed E-state index contributed by atoms with van der Waals surface area (Å²) in [5, 5.41) is 5.60. The molecule has 0 radical (unpaired) electrons. The first-order valence-corrected chi connectivity index (χ1v) is 9.96. The first-order valence-electron chi connectivity index (χ1n) is 9.96. The van der Waals surface area contributed by atoms with Crippen LogP contribution in [0.5, 0.6) is 5.75 Å². The van der Waals surface area contributed by atoms with Crippen molar-refractivity contribution in [3.63, 3.8) is 0 Å². The van der Waals surface area contributed by atoms with E-state index in [2.05, 4.69) is 24.5 Å². The first kappa shape index (κ1) is 19.1. The minimum Gasteiger partial charge on any atom is -0.490 e. The molecule has 2 amide bonds. The number of carbonyl (C=O) groups excluding carboxylic acids is 2. The predicted molar refractivity (Wildman–Crippen MR) is 109 cm³/mol. The standard InChI is InChI=1S/C22H24N2O5/c1-3-15(4-2)29-16-7-5-6-14(10-16)22(26)24-18-12-28-19-17(11-27-20(18)19)23-21(25)13-8-9-13/h5-7,10-13,15H,3-4,8-9H2,1-2H3,(H,23,25)(H,24,26). The van der Waals surface area contributed by atoms with Gasteiger partial charge in [0.05, 0.1) is 6.10 Å². The molecule has 2 aromatic heterocycles. The van der Waals surface area contributed by atoms with Crippen LogP contribution in [-0.4, -0.2) is 17.9 Å². The van der Waals surface area contributed by atoms with Gasteiger partial charge in [0.15, 0.2) is 11.2 Å². The minimum atomic E-state index is -0.303. The molecule has 1 aliphatic rings. The van der Waals surface area contributed by atoms with Crippen LogP contribution in [0, 0.1) is 5.92 Å². The van der Waals surface area contributed by atoms with Crippen LogP contribution in [0.2, 0.25) is 0 Å². The van der Waals surface area contributed by atoms with Crippen molar-refractivity contribution in [2.45, 2.75) is 45.6 Å². The van der Waals surface area contributed by atoms with Gasteiger partial charge in [-0.1, -0.05) is 19.9 Å². The molecule has 1 saturated carbocycles. The lowest BCUT2D eigenvalue weighted by Gasteiger charge is -2.16. The number of rotatable bonds is 8. The molecular formula is C22H24N2O5. The number of furan rings is 2. The summed E-state index contributed by atoms with van der Waals surface area (Å²) < 4.78 is 16.9. The largest absolute Gasteiger partial charge is 0.490 e. The Bertz CT molecular complexity index is 1030. The Hall–Kier alpha value is -3.22. The van der Waals surface area contributed by atoms with Crippen molar-refractivity contribution in [2.24, 2.45) is 5.92 Å². The maximum Gasteiger partial charge on any atom is 0.255 e. The highest BCUT2D eigenvalue weighted by Gasteiger charge is 2.30. The lowest BCUT2D eigenvalue weighted by molar-refractivity contribution is -0.117. The van der Waals surface area contributed by atoms with Crippen LogP contribution in [0.4, 0.5) is 11.4 Å². The molecule has 0 spiro atoms. The molecule has 7 nitrogen and oxygen atoms in total. The van der Waals surface area contributed by atoms with E-state index in [1.165, 1.54) is 12.5 Å². The Morgan fingerprint density at radius 2 is 1.72 bits per heavy atom. The second-order valence-electron chi connectivity index (χ2n) is 7.26. The number of fused-ring (bicyclic) bond motifs is 1. The molecule has 2 heterocycles. The van der Waals surface area contributed by atoms with E-state index >= 15 is 0 Å². The van der Waals surface area contributed by atoms with E-state index in [1.807, 2.05) is 6.07 Å². The van der Waals surface area contributed by atoms with Gasteiger partial charge in [-0.25, -0.2) is 0 Å².